The Morgan fingerprint density at radius 3 is 2.14 bits per heavy atom. The first-order valence-corrected chi connectivity index (χ1v) is 6.36. The van der Waals surface area contributed by atoms with Crippen molar-refractivity contribution in [3.05, 3.63) is 39.9 Å². The smallest absolute Gasteiger partial charge is 0.269 e. The molecular formula is C11H18Cl2N4O5. The Morgan fingerprint density at radius 1 is 1.27 bits per heavy atom. The molecule has 0 aliphatic rings. The number of carbonyl (C=O) groups is 1. The molecule has 9 N–H and O–H groups in total. The third-order valence-corrected chi connectivity index (χ3v) is 2.95. The van der Waals surface area contributed by atoms with Gasteiger partial charge in [-0.05, 0) is 17.7 Å². The second kappa shape index (κ2) is 10.3. The molecule has 1 aromatic carbocycles. The van der Waals surface area contributed by atoms with Crippen LogP contribution in [0, 0.1) is 10.1 Å². The van der Waals surface area contributed by atoms with Crippen LogP contribution in [0.1, 0.15) is 11.7 Å². The zero-order valence-electron chi connectivity index (χ0n) is 11.5. The standard InChI is InChI=1S/C11H12Cl2N2O5.2H3N/c12-10(13)11(18)14-8(5-16)9(17)6-1-3-7(4-2-6)15(19)20;;/h1-4,8-10,16-17H,5H2,(H,14,18);2*1H3/t8-,9-;;/m1../s1. The van der Waals surface area contributed by atoms with Crippen LogP contribution in [0.5, 0.6) is 0 Å². The first-order valence-electron chi connectivity index (χ1n) is 5.48. The van der Waals surface area contributed by atoms with Crippen LogP contribution in [0.2, 0.25) is 0 Å². The number of aliphatic hydroxyl groups is 2. The SMILES string of the molecule is N.N.O=C(N[C@H](CO)[C@H](O)c1ccc([N+](=O)[O-])cc1)C(Cl)Cl. The fraction of sp³-hybridized carbons (Fsp3) is 0.364. The molecular weight excluding hydrogens is 339 g/mol. The maximum absolute atomic E-state index is 11.3. The molecule has 2 atom stereocenters. The molecule has 0 aliphatic heterocycles. The summed E-state index contributed by atoms with van der Waals surface area (Å²) in [6.45, 7) is -0.551. The molecule has 0 fully saturated rings. The fourth-order valence-corrected chi connectivity index (χ4v) is 1.62. The van der Waals surface area contributed by atoms with E-state index in [2.05, 4.69) is 5.32 Å². The van der Waals surface area contributed by atoms with Crippen LogP contribution in [0.4, 0.5) is 5.69 Å². The molecule has 0 saturated heterocycles. The summed E-state index contributed by atoms with van der Waals surface area (Å²) >= 11 is 10.7. The van der Waals surface area contributed by atoms with Gasteiger partial charge in [0.1, 0.15) is 6.10 Å². The molecule has 0 radical (unpaired) electrons. The van der Waals surface area contributed by atoms with Crippen molar-refractivity contribution in [2.75, 3.05) is 6.61 Å². The van der Waals surface area contributed by atoms with Crippen LogP contribution < -0.4 is 17.6 Å². The third-order valence-electron chi connectivity index (χ3n) is 2.55. The third kappa shape index (κ3) is 6.10. The van der Waals surface area contributed by atoms with E-state index in [4.69, 9.17) is 28.3 Å². The summed E-state index contributed by atoms with van der Waals surface area (Å²) in [4.78, 5) is 19.9. The first kappa shape index (κ1) is 22.8. The van der Waals surface area contributed by atoms with E-state index in [1.54, 1.807) is 0 Å². The summed E-state index contributed by atoms with van der Waals surface area (Å²) in [6.07, 6.45) is -1.25. The minimum absolute atomic E-state index is 0. The number of non-ortho nitro benzene ring substituents is 1. The second-order valence-electron chi connectivity index (χ2n) is 3.89. The molecule has 1 aromatic rings. The summed E-state index contributed by atoms with van der Waals surface area (Å²) in [6, 6.07) is 4.05. The van der Waals surface area contributed by atoms with Crippen LogP contribution in [0.15, 0.2) is 24.3 Å². The van der Waals surface area contributed by atoms with E-state index in [1.165, 1.54) is 24.3 Å². The number of hydrogen-bond acceptors (Lipinski definition) is 7. The number of nitrogens with one attached hydrogen (secondary N) is 1. The molecule has 0 spiro atoms. The highest BCUT2D eigenvalue weighted by Crippen LogP contribution is 2.20. The van der Waals surface area contributed by atoms with E-state index in [0.717, 1.165) is 0 Å². The van der Waals surface area contributed by atoms with Gasteiger partial charge in [0.05, 0.1) is 17.6 Å². The Hall–Kier alpha value is -1.49. The zero-order valence-corrected chi connectivity index (χ0v) is 13.0. The monoisotopic (exact) mass is 356 g/mol. The van der Waals surface area contributed by atoms with Gasteiger partial charge in [0.2, 0.25) is 0 Å². The summed E-state index contributed by atoms with van der Waals surface area (Å²) in [5, 5.41) is 31.9. The van der Waals surface area contributed by atoms with E-state index in [-0.39, 0.29) is 18.0 Å². The number of halogens is 2. The summed E-state index contributed by atoms with van der Waals surface area (Å²) in [5.41, 5.74) is 0.169. The van der Waals surface area contributed by atoms with E-state index in [0.29, 0.717) is 5.56 Å². The van der Waals surface area contributed by atoms with Crippen molar-refractivity contribution in [3.63, 3.8) is 0 Å². The number of nitrogens with zero attached hydrogens (tertiary/aromatic N) is 1. The normalized spacial score (nSPS) is 12.6. The average molecular weight is 357 g/mol. The zero-order chi connectivity index (χ0) is 15.3. The lowest BCUT2D eigenvalue weighted by Crippen LogP contribution is -2.44. The Labute approximate surface area is 136 Å². The van der Waals surface area contributed by atoms with Crippen LogP contribution >= 0.6 is 23.2 Å². The molecule has 1 amide bonds. The summed E-state index contributed by atoms with van der Waals surface area (Å²) in [5.74, 6) is -0.756. The largest absolute Gasteiger partial charge is 0.394 e. The number of nitro groups is 1. The quantitative estimate of drug-likeness (QED) is 0.288. The number of carbonyl (C=O) groups excluding carboxylic acids is 1. The van der Waals surface area contributed by atoms with Crippen LogP contribution in [-0.4, -0.2) is 38.5 Å². The highest BCUT2D eigenvalue weighted by molar-refractivity contribution is 6.53. The lowest BCUT2D eigenvalue weighted by molar-refractivity contribution is -0.384. The fourth-order valence-electron chi connectivity index (χ4n) is 1.50. The molecule has 0 unspecified atom stereocenters. The van der Waals surface area contributed by atoms with E-state index < -0.39 is 34.4 Å². The molecule has 0 bridgehead atoms. The minimum Gasteiger partial charge on any atom is -0.394 e. The predicted octanol–water partition coefficient (Wildman–Crippen LogP) is 1.23. The van der Waals surface area contributed by atoms with Crippen LogP contribution in [0.3, 0.4) is 0 Å². The topological polar surface area (TPSA) is 183 Å². The highest BCUT2D eigenvalue weighted by atomic mass is 35.5. The molecule has 0 heterocycles. The Morgan fingerprint density at radius 2 is 1.77 bits per heavy atom. The number of rotatable bonds is 6. The predicted molar refractivity (Wildman–Crippen MR) is 82.6 cm³/mol. The van der Waals surface area contributed by atoms with Gasteiger partial charge in [-0.15, -0.1) is 0 Å². The van der Waals surface area contributed by atoms with Crippen LogP contribution in [0.25, 0.3) is 0 Å². The maximum Gasteiger partial charge on any atom is 0.269 e. The van der Waals surface area contributed by atoms with Gasteiger partial charge in [0.25, 0.3) is 11.6 Å². The van der Waals surface area contributed by atoms with Gasteiger partial charge in [-0.25, -0.2) is 0 Å². The molecule has 9 nitrogen and oxygen atoms in total. The second-order valence-corrected chi connectivity index (χ2v) is 4.99. The van der Waals surface area contributed by atoms with Gasteiger partial charge in [-0.2, -0.15) is 0 Å². The highest BCUT2D eigenvalue weighted by Gasteiger charge is 2.24. The lowest BCUT2D eigenvalue weighted by atomic mass is 10.0. The van der Waals surface area contributed by atoms with Crippen molar-refractivity contribution in [1.29, 1.82) is 0 Å². The van der Waals surface area contributed by atoms with Gasteiger partial charge >= 0.3 is 0 Å². The van der Waals surface area contributed by atoms with E-state index in [9.17, 15) is 20.0 Å². The van der Waals surface area contributed by atoms with Crippen molar-refractivity contribution in [1.82, 2.24) is 17.6 Å². The lowest BCUT2D eigenvalue weighted by Gasteiger charge is -2.22. The minimum atomic E-state index is -1.33. The molecule has 126 valence electrons. The molecule has 0 saturated carbocycles. The molecule has 0 aliphatic carbocycles. The molecule has 1 rings (SSSR count). The Balaban J connectivity index is 0. The van der Waals surface area contributed by atoms with E-state index in [1.807, 2.05) is 0 Å². The van der Waals surface area contributed by atoms with Crippen molar-refractivity contribution in [3.8, 4) is 0 Å². The van der Waals surface area contributed by atoms with Gasteiger partial charge in [0.15, 0.2) is 4.84 Å². The first-order chi connectivity index (χ1) is 9.36. The van der Waals surface area contributed by atoms with Crippen LogP contribution in [-0.2, 0) is 4.79 Å². The number of amides is 1. The van der Waals surface area contributed by atoms with Crippen molar-refractivity contribution >= 4 is 34.8 Å². The summed E-state index contributed by atoms with van der Waals surface area (Å²) in [7, 11) is 0. The summed E-state index contributed by atoms with van der Waals surface area (Å²) < 4.78 is 0. The van der Waals surface area contributed by atoms with Gasteiger partial charge in [-0.1, -0.05) is 23.2 Å². The van der Waals surface area contributed by atoms with Gasteiger partial charge in [-0.3, -0.25) is 14.9 Å². The van der Waals surface area contributed by atoms with Crippen molar-refractivity contribution < 1.29 is 19.9 Å². The van der Waals surface area contributed by atoms with Crippen molar-refractivity contribution in [2.45, 2.75) is 17.0 Å². The van der Waals surface area contributed by atoms with Gasteiger partial charge in [0, 0.05) is 12.1 Å². The number of benzene rings is 1. The van der Waals surface area contributed by atoms with Gasteiger partial charge < -0.3 is 27.8 Å². The molecule has 22 heavy (non-hydrogen) atoms. The average Bonchev–Trinajstić information content (AvgIpc) is 2.43. The Kier molecular flexibility index (Phi) is 10.6. The number of alkyl halides is 2. The number of hydrogen-bond donors (Lipinski definition) is 5. The van der Waals surface area contributed by atoms with E-state index >= 15 is 0 Å². The van der Waals surface area contributed by atoms with Crippen molar-refractivity contribution in [2.24, 2.45) is 0 Å². The maximum atomic E-state index is 11.3. The molecule has 0 aromatic heterocycles. The number of aliphatic hydroxyl groups excluding tert-OH is 2. The molecule has 11 heteroatoms. The number of nitro benzene ring substituents is 1. The Bertz CT molecular complexity index is 486.